The van der Waals surface area contributed by atoms with Crippen LogP contribution in [0.4, 0.5) is 9.59 Å². The number of nitrogens with zero attached hydrogens (tertiary/aromatic N) is 2. The van der Waals surface area contributed by atoms with Crippen LogP contribution in [0.2, 0.25) is 0 Å². The predicted octanol–water partition coefficient (Wildman–Crippen LogP) is 4.10. The highest BCUT2D eigenvalue weighted by Gasteiger charge is 2.26. The average molecular weight is 514 g/mol. The highest BCUT2D eigenvalue weighted by molar-refractivity contribution is 5.69. The second-order valence-corrected chi connectivity index (χ2v) is 9.80. The van der Waals surface area contributed by atoms with Gasteiger partial charge in [0.25, 0.3) is 5.97 Å². The van der Waals surface area contributed by atoms with Crippen LogP contribution in [0.3, 0.4) is 0 Å². The molecule has 0 spiro atoms. The van der Waals surface area contributed by atoms with Gasteiger partial charge in [-0.3, -0.25) is 4.79 Å². The number of hydrogen-bond acceptors (Lipinski definition) is 7. The summed E-state index contributed by atoms with van der Waals surface area (Å²) >= 11 is 0. The summed E-state index contributed by atoms with van der Waals surface area (Å²) in [6.45, 7) is 15.9. The molecule has 0 saturated carbocycles. The number of hydrogen-bond donors (Lipinski definition) is 3. The summed E-state index contributed by atoms with van der Waals surface area (Å²) < 4.78 is 10.3. The van der Waals surface area contributed by atoms with E-state index in [9.17, 15) is 9.59 Å². The molecule has 0 bridgehead atoms. The number of carbonyl (C=O) groups is 3. The van der Waals surface area contributed by atoms with Gasteiger partial charge >= 0.3 is 12.2 Å². The molecule has 0 aromatic heterocycles. The lowest BCUT2D eigenvalue weighted by molar-refractivity contribution is -0.134. The topological polar surface area (TPSA) is 143 Å². The molecule has 0 radical (unpaired) electrons. The van der Waals surface area contributed by atoms with Crippen LogP contribution < -0.4 is 5.73 Å². The van der Waals surface area contributed by atoms with Gasteiger partial charge in [0.15, 0.2) is 0 Å². The van der Waals surface area contributed by atoms with Crippen molar-refractivity contribution >= 4 is 18.2 Å². The van der Waals surface area contributed by atoms with E-state index in [1.54, 1.807) is 9.80 Å². The molecule has 4 N–H and O–H groups in total. The van der Waals surface area contributed by atoms with Crippen molar-refractivity contribution in [3.8, 4) is 0 Å². The Balaban J connectivity index is 0. The summed E-state index contributed by atoms with van der Waals surface area (Å²) in [5.41, 5.74) is 4.76. The number of amides is 2. The summed E-state index contributed by atoms with van der Waals surface area (Å²) in [5.74, 6) is -0.833. The summed E-state index contributed by atoms with van der Waals surface area (Å²) in [4.78, 5) is 34.7. The second kappa shape index (κ2) is 18.4. The molecule has 0 aliphatic carbocycles. The number of carboxylic acids is 1. The molecule has 2 amide bonds. The van der Waals surface area contributed by atoms with Crippen molar-refractivity contribution in [2.75, 3.05) is 33.2 Å². The molecule has 2 saturated heterocycles. The Morgan fingerprint density at radius 2 is 1.11 bits per heavy atom. The summed E-state index contributed by atoms with van der Waals surface area (Å²) in [5, 5.41) is 16.0. The number of aliphatic hydroxyl groups excluding tert-OH is 1. The second-order valence-electron chi connectivity index (χ2n) is 9.80. The number of rotatable bonds is 1. The van der Waals surface area contributed by atoms with Crippen molar-refractivity contribution in [2.24, 2.45) is 5.73 Å². The number of likely N-dealkylation sites (tertiary alicyclic amines) is 2. The fourth-order valence-corrected chi connectivity index (χ4v) is 2.23. The highest BCUT2D eigenvalue weighted by Crippen LogP contribution is 2.14. The Labute approximate surface area is 216 Å². The van der Waals surface area contributed by atoms with Crippen LogP contribution in [-0.4, -0.2) is 82.6 Å². The van der Waals surface area contributed by atoms with E-state index < -0.39 is 5.97 Å². The zero-order chi connectivity index (χ0) is 28.4. The Hall–Kier alpha value is -2.85. The van der Waals surface area contributed by atoms with Crippen LogP contribution in [0.1, 0.15) is 66.9 Å². The molecule has 0 atom stereocenters. The van der Waals surface area contributed by atoms with Gasteiger partial charge in [-0.15, -0.1) is 0 Å². The molecule has 1 aromatic carbocycles. The minimum atomic E-state index is -0.833. The molecule has 36 heavy (non-hydrogen) atoms. The van der Waals surface area contributed by atoms with Gasteiger partial charge in [0.2, 0.25) is 0 Å². The van der Waals surface area contributed by atoms with Crippen molar-refractivity contribution < 1.29 is 34.1 Å². The quantitative estimate of drug-likeness (QED) is 0.509. The van der Waals surface area contributed by atoms with Crippen LogP contribution >= 0.6 is 0 Å². The molecule has 1 aromatic rings. The molecular formula is C26H47N3O7. The van der Waals surface area contributed by atoms with Gasteiger partial charge in [-0.1, -0.05) is 30.3 Å². The van der Waals surface area contributed by atoms with Gasteiger partial charge in [-0.25, -0.2) is 9.59 Å². The number of carbonyl (C=O) groups excluding carboxylic acids is 2. The Morgan fingerprint density at radius 3 is 1.28 bits per heavy atom. The zero-order valence-electron chi connectivity index (χ0n) is 23.2. The van der Waals surface area contributed by atoms with Crippen molar-refractivity contribution in [1.82, 2.24) is 9.80 Å². The maximum absolute atomic E-state index is 11.1. The average Bonchev–Trinajstić information content (AvgIpc) is 2.65. The Bertz CT molecular complexity index is 694. The minimum absolute atomic E-state index is 0.140. The maximum Gasteiger partial charge on any atom is 0.410 e. The number of aliphatic carboxylic acids is 1. The van der Waals surface area contributed by atoms with Crippen molar-refractivity contribution in [3.63, 3.8) is 0 Å². The standard InChI is InChI=1S/2C8H15NO2.C7H8O.C2H4O2.CH5N/c2*1-8(2,3)11-7(10)9-5-4-6-9;8-6-7-4-2-1-3-5-7;1-2(3)4;1-2/h2*4-6H2,1-3H3;1-5,8H,6H2;1H3,(H,3,4);2H2,1H3. The van der Waals surface area contributed by atoms with Crippen molar-refractivity contribution in [2.45, 2.75) is 79.1 Å². The van der Waals surface area contributed by atoms with Crippen molar-refractivity contribution in [3.05, 3.63) is 35.9 Å². The van der Waals surface area contributed by atoms with Gasteiger partial charge < -0.3 is 35.2 Å². The third-order valence-electron chi connectivity index (χ3n) is 4.04. The van der Waals surface area contributed by atoms with E-state index >= 15 is 0 Å². The summed E-state index contributed by atoms with van der Waals surface area (Å²) in [7, 11) is 1.50. The molecule has 3 rings (SSSR count). The maximum atomic E-state index is 11.1. The van der Waals surface area contributed by atoms with Crippen molar-refractivity contribution in [1.29, 1.82) is 0 Å². The predicted molar refractivity (Wildman–Crippen MR) is 141 cm³/mol. The van der Waals surface area contributed by atoms with Crippen LogP contribution in [-0.2, 0) is 20.9 Å². The first-order valence-corrected chi connectivity index (χ1v) is 12.0. The molecule has 10 nitrogen and oxygen atoms in total. The van der Waals surface area contributed by atoms with E-state index in [4.69, 9.17) is 24.5 Å². The first-order chi connectivity index (χ1) is 16.6. The zero-order valence-corrected chi connectivity index (χ0v) is 23.2. The summed E-state index contributed by atoms with van der Waals surface area (Å²) in [6.07, 6.45) is 1.87. The molecule has 208 valence electrons. The fourth-order valence-electron chi connectivity index (χ4n) is 2.23. The monoisotopic (exact) mass is 513 g/mol. The largest absolute Gasteiger partial charge is 0.481 e. The number of carboxylic acid groups (broad SMARTS) is 1. The van der Waals surface area contributed by atoms with E-state index in [1.165, 1.54) is 7.05 Å². The lowest BCUT2D eigenvalue weighted by Gasteiger charge is -2.32. The normalized spacial score (nSPS) is 13.6. The van der Waals surface area contributed by atoms with Crippen LogP contribution in [0.15, 0.2) is 30.3 Å². The Morgan fingerprint density at radius 1 is 0.806 bits per heavy atom. The third-order valence-corrected chi connectivity index (χ3v) is 4.04. The molecular weight excluding hydrogens is 466 g/mol. The van der Waals surface area contributed by atoms with Gasteiger partial charge in [0, 0.05) is 33.1 Å². The van der Waals surface area contributed by atoms with Gasteiger partial charge in [0.05, 0.1) is 6.61 Å². The van der Waals surface area contributed by atoms with E-state index in [2.05, 4.69) is 5.73 Å². The highest BCUT2D eigenvalue weighted by atomic mass is 16.6. The third kappa shape index (κ3) is 20.5. The van der Waals surface area contributed by atoms with E-state index in [1.807, 2.05) is 71.9 Å². The number of ether oxygens (including phenoxy) is 2. The minimum Gasteiger partial charge on any atom is -0.481 e. The van der Waals surface area contributed by atoms with Gasteiger partial charge in [0.1, 0.15) is 11.2 Å². The number of aliphatic hydroxyl groups is 1. The summed E-state index contributed by atoms with van der Waals surface area (Å²) in [6, 6.07) is 9.52. The molecule has 10 heteroatoms. The van der Waals surface area contributed by atoms with Crippen LogP contribution in [0.5, 0.6) is 0 Å². The molecule has 2 heterocycles. The fraction of sp³-hybridized carbons (Fsp3) is 0.654. The number of benzene rings is 1. The lowest BCUT2D eigenvalue weighted by atomic mass is 10.2. The molecule has 2 fully saturated rings. The smallest absolute Gasteiger partial charge is 0.410 e. The first kappa shape index (κ1) is 35.3. The van der Waals surface area contributed by atoms with Crippen LogP contribution in [0.25, 0.3) is 0 Å². The molecule has 2 aliphatic rings. The van der Waals surface area contributed by atoms with Gasteiger partial charge in [-0.2, -0.15) is 0 Å². The van der Waals surface area contributed by atoms with Crippen LogP contribution in [0, 0.1) is 0 Å². The molecule has 2 aliphatic heterocycles. The number of nitrogens with two attached hydrogens (primary N) is 1. The van der Waals surface area contributed by atoms with E-state index in [-0.39, 0.29) is 30.0 Å². The van der Waals surface area contributed by atoms with Gasteiger partial charge in [-0.05, 0) is 67.0 Å². The van der Waals surface area contributed by atoms with E-state index in [0.717, 1.165) is 51.5 Å². The lowest BCUT2D eigenvalue weighted by Crippen LogP contribution is -2.44. The van der Waals surface area contributed by atoms with E-state index in [0.29, 0.717) is 0 Å². The first-order valence-electron chi connectivity index (χ1n) is 12.0. The molecule has 0 unspecified atom stereocenters. The SMILES string of the molecule is CC(=O)O.CC(C)(C)OC(=O)N1CCC1.CC(C)(C)OC(=O)N1CCC1.CN.OCc1ccccc1. The Kier molecular flexibility index (Phi) is 18.1.